The van der Waals surface area contributed by atoms with E-state index in [1.165, 1.54) is 6.20 Å². The molecule has 6 heteroatoms. The molecule has 1 fully saturated rings. The zero-order chi connectivity index (χ0) is 14.4. The number of nitrogens with zero attached hydrogens (tertiary/aromatic N) is 3. The van der Waals surface area contributed by atoms with Crippen molar-refractivity contribution >= 4 is 11.7 Å². The number of pyridine rings is 1. The Morgan fingerprint density at radius 3 is 2.95 bits per heavy atom. The summed E-state index contributed by atoms with van der Waals surface area (Å²) < 4.78 is 5.18. The zero-order valence-electron chi connectivity index (χ0n) is 11.3. The Labute approximate surface area is 117 Å². The molecule has 0 atom stereocenters. The molecule has 0 aliphatic carbocycles. The number of nitriles is 1. The van der Waals surface area contributed by atoms with E-state index in [2.05, 4.69) is 10.3 Å². The van der Waals surface area contributed by atoms with Gasteiger partial charge in [-0.15, -0.1) is 0 Å². The number of aromatic nitrogens is 1. The molecule has 20 heavy (non-hydrogen) atoms. The van der Waals surface area contributed by atoms with E-state index in [4.69, 9.17) is 10.00 Å². The molecule has 104 valence electrons. The van der Waals surface area contributed by atoms with E-state index in [-0.39, 0.29) is 11.5 Å². The van der Waals surface area contributed by atoms with Crippen LogP contribution in [0.15, 0.2) is 30.1 Å². The highest BCUT2D eigenvalue weighted by Gasteiger charge is 2.20. The second-order valence-electron chi connectivity index (χ2n) is 4.44. The molecule has 1 aromatic heterocycles. The van der Waals surface area contributed by atoms with Crippen molar-refractivity contribution in [2.45, 2.75) is 6.92 Å². The molecule has 0 bridgehead atoms. The minimum Gasteiger partial charge on any atom is -0.378 e. The molecule has 0 aromatic carbocycles. The van der Waals surface area contributed by atoms with Gasteiger partial charge in [0.05, 0.1) is 13.2 Å². The SMILES string of the molecule is Cc1ccnc(N/C=C(/C#N)C(=O)N2CCOCC2)c1. The molecule has 1 aliphatic rings. The van der Waals surface area contributed by atoms with E-state index in [1.807, 2.05) is 25.1 Å². The number of carbonyl (C=O) groups is 1. The van der Waals surface area contributed by atoms with Crippen LogP contribution < -0.4 is 5.32 Å². The summed E-state index contributed by atoms with van der Waals surface area (Å²) in [6, 6.07) is 5.63. The second-order valence-corrected chi connectivity index (χ2v) is 4.44. The van der Waals surface area contributed by atoms with Crippen molar-refractivity contribution in [3.63, 3.8) is 0 Å². The van der Waals surface area contributed by atoms with Crippen LogP contribution in [0, 0.1) is 18.3 Å². The smallest absolute Gasteiger partial charge is 0.266 e. The number of morpholine rings is 1. The van der Waals surface area contributed by atoms with Crippen molar-refractivity contribution in [3.8, 4) is 6.07 Å². The Balaban J connectivity index is 2.05. The van der Waals surface area contributed by atoms with E-state index in [0.717, 1.165) is 5.56 Å². The van der Waals surface area contributed by atoms with Crippen molar-refractivity contribution in [1.29, 1.82) is 5.26 Å². The van der Waals surface area contributed by atoms with E-state index in [0.29, 0.717) is 32.1 Å². The molecule has 1 amide bonds. The normalized spacial score (nSPS) is 15.6. The van der Waals surface area contributed by atoms with Gasteiger partial charge >= 0.3 is 0 Å². The maximum absolute atomic E-state index is 12.1. The highest BCUT2D eigenvalue weighted by atomic mass is 16.5. The van der Waals surface area contributed by atoms with Crippen molar-refractivity contribution in [2.75, 3.05) is 31.6 Å². The van der Waals surface area contributed by atoms with Crippen molar-refractivity contribution in [1.82, 2.24) is 9.88 Å². The van der Waals surface area contributed by atoms with Crippen LogP contribution in [0.2, 0.25) is 0 Å². The molecular formula is C14H16N4O2. The molecular weight excluding hydrogens is 256 g/mol. The number of ether oxygens (including phenoxy) is 1. The monoisotopic (exact) mass is 272 g/mol. The average molecular weight is 272 g/mol. The fourth-order valence-electron chi connectivity index (χ4n) is 1.84. The lowest BCUT2D eigenvalue weighted by Gasteiger charge is -2.26. The number of nitrogens with one attached hydrogen (secondary N) is 1. The van der Waals surface area contributed by atoms with E-state index < -0.39 is 0 Å². The first-order valence-electron chi connectivity index (χ1n) is 6.37. The molecule has 0 spiro atoms. The third-order valence-corrected chi connectivity index (χ3v) is 2.93. The zero-order valence-corrected chi connectivity index (χ0v) is 11.3. The van der Waals surface area contributed by atoms with Crippen molar-refractivity contribution < 1.29 is 9.53 Å². The maximum atomic E-state index is 12.1. The van der Waals surface area contributed by atoms with Crippen molar-refractivity contribution in [3.05, 3.63) is 35.7 Å². The number of carbonyl (C=O) groups excluding carboxylic acids is 1. The lowest BCUT2D eigenvalue weighted by molar-refractivity contribution is -0.130. The summed E-state index contributed by atoms with van der Waals surface area (Å²) in [4.78, 5) is 17.9. The first kappa shape index (κ1) is 14.0. The van der Waals surface area contributed by atoms with Gasteiger partial charge in [0.1, 0.15) is 17.5 Å². The molecule has 6 nitrogen and oxygen atoms in total. The molecule has 2 rings (SSSR count). The van der Waals surface area contributed by atoms with Gasteiger partial charge in [-0.1, -0.05) is 0 Å². The van der Waals surface area contributed by atoms with Gasteiger partial charge < -0.3 is 15.0 Å². The fourth-order valence-corrected chi connectivity index (χ4v) is 1.84. The standard InChI is InChI=1S/C14H16N4O2/c1-11-2-3-16-13(8-11)17-10-12(9-15)14(19)18-4-6-20-7-5-18/h2-3,8,10H,4-7H2,1H3,(H,16,17)/b12-10-. The molecule has 2 heterocycles. The average Bonchev–Trinajstić information content (AvgIpc) is 2.48. The van der Waals surface area contributed by atoms with Crippen LogP contribution in [0.3, 0.4) is 0 Å². The third kappa shape index (κ3) is 3.56. The predicted molar refractivity (Wildman–Crippen MR) is 73.7 cm³/mol. The summed E-state index contributed by atoms with van der Waals surface area (Å²) in [5, 5.41) is 12.0. The fraction of sp³-hybridized carbons (Fsp3) is 0.357. The van der Waals surface area contributed by atoms with E-state index >= 15 is 0 Å². The summed E-state index contributed by atoms with van der Waals surface area (Å²) in [6.45, 7) is 4.00. The van der Waals surface area contributed by atoms with Crippen LogP contribution in [0.5, 0.6) is 0 Å². The summed E-state index contributed by atoms with van der Waals surface area (Å²) in [7, 11) is 0. The van der Waals surface area contributed by atoms with Gasteiger partial charge in [0.15, 0.2) is 0 Å². The van der Waals surface area contributed by atoms with Crippen LogP contribution in [0.1, 0.15) is 5.56 Å². The number of hydrogen-bond acceptors (Lipinski definition) is 5. The second kappa shape index (κ2) is 6.68. The van der Waals surface area contributed by atoms with Crippen LogP contribution in [0.4, 0.5) is 5.82 Å². The molecule has 1 aromatic rings. The number of anilines is 1. The van der Waals surface area contributed by atoms with Gasteiger partial charge in [-0.3, -0.25) is 4.79 Å². The van der Waals surface area contributed by atoms with Crippen LogP contribution in [0.25, 0.3) is 0 Å². The minimum absolute atomic E-state index is 0.0650. The minimum atomic E-state index is -0.282. The summed E-state index contributed by atoms with van der Waals surface area (Å²) in [5.41, 5.74) is 1.11. The highest BCUT2D eigenvalue weighted by Crippen LogP contribution is 2.08. The van der Waals surface area contributed by atoms with Gasteiger partial charge in [-0.05, 0) is 24.6 Å². The van der Waals surface area contributed by atoms with Gasteiger partial charge in [0.25, 0.3) is 5.91 Å². The number of amides is 1. The highest BCUT2D eigenvalue weighted by molar-refractivity contribution is 5.97. The Hall–Kier alpha value is -2.39. The predicted octanol–water partition coefficient (Wildman–Crippen LogP) is 1.07. The molecule has 0 unspecified atom stereocenters. The summed E-state index contributed by atoms with van der Waals surface area (Å²) in [6.07, 6.45) is 3.07. The maximum Gasteiger partial charge on any atom is 0.266 e. The Morgan fingerprint density at radius 2 is 2.30 bits per heavy atom. The molecule has 1 N–H and O–H groups in total. The number of hydrogen-bond donors (Lipinski definition) is 1. The number of rotatable bonds is 3. The Kier molecular flexibility index (Phi) is 4.69. The molecule has 0 radical (unpaired) electrons. The van der Waals surface area contributed by atoms with Gasteiger partial charge in [-0.2, -0.15) is 5.26 Å². The Bertz CT molecular complexity index is 557. The lowest BCUT2D eigenvalue weighted by Crippen LogP contribution is -2.41. The third-order valence-electron chi connectivity index (χ3n) is 2.93. The van der Waals surface area contributed by atoms with Crippen molar-refractivity contribution in [2.24, 2.45) is 0 Å². The number of aryl methyl sites for hydroxylation is 1. The lowest BCUT2D eigenvalue weighted by atomic mass is 10.2. The molecule has 1 aliphatic heterocycles. The van der Waals surface area contributed by atoms with E-state index in [9.17, 15) is 4.79 Å². The first-order chi connectivity index (χ1) is 9.70. The van der Waals surface area contributed by atoms with E-state index in [1.54, 1.807) is 11.1 Å². The van der Waals surface area contributed by atoms with Crippen LogP contribution >= 0.6 is 0 Å². The van der Waals surface area contributed by atoms with Gasteiger partial charge in [-0.25, -0.2) is 4.98 Å². The topological polar surface area (TPSA) is 78.2 Å². The van der Waals surface area contributed by atoms with Crippen LogP contribution in [-0.2, 0) is 9.53 Å². The quantitative estimate of drug-likeness (QED) is 0.657. The van der Waals surface area contributed by atoms with Crippen LogP contribution in [-0.4, -0.2) is 42.1 Å². The Morgan fingerprint density at radius 1 is 1.55 bits per heavy atom. The summed E-state index contributed by atoms with van der Waals surface area (Å²) >= 11 is 0. The first-order valence-corrected chi connectivity index (χ1v) is 6.37. The molecule has 1 saturated heterocycles. The summed E-state index contributed by atoms with van der Waals surface area (Å²) in [5.74, 6) is 0.323. The largest absolute Gasteiger partial charge is 0.378 e. The van der Waals surface area contributed by atoms with Gasteiger partial charge in [0.2, 0.25) is 0 Å². The van der Waals surface area contributed by atoms with Gasteiger partial charge in [0, 0.05) is 25.5 Å². The molecule has 0 saturated carbocycles.